The van der Waals surface area contributed by atoms with Crippen LogP contribution in [0.1, 0.15) is 19.8 Å². The SMILES string of the molecule is CCC/C=C(\OC)C(=O)O. The lowest BCUT2D eigenvalue weighted by molar-refractivity contribution is -0.136. The van der Waals surface area contributed by atoms with Crippen molar-refractivity contribution in [2.75, 3.05) is 7.11 Å². The van der Waals surface area contributed by atoms with E-state index in [4.69, 9.17) is 5.11 Å². The largest absolute Gasteiger partial charge is 0.490 e. The number of hydrogen-bond acceptors (Lipinski definition) is 2. The number of allylic oxidation sites excluding steroid dienone is 1. The first-order valence-electron chi connectivity index (χ1n) is 3.19. The van der Waals surface area contributed by atoms with Gasteiger partial charge in [0, 0.05) is 0 Å². The van der Waals surface area contributed by atoms with Crippen molar-refractivity contribution in [1.82, 2.24) is 0 Å². The van der Waals surface area contributed by atoms with Gasteiger partial charge in [0.2, 0.25) is 0 Å². The summed E-state index contributed by atoms with van der Waals surface area (Å²) in [6, 6.07) is 0. The molecule has 0 atom stereocenters. The molecule has 0 unspecified atom stereocenters. The lowest BCUT2D eigenvalue weighted by Gasteiger charge is -1.97. The van der Waals surface area contributed by atoms with E-state index in [1.165, 1.54) is 7.11 Å². The van der Waals surface area contributed by atoms with Gasteiger partial charge in [0.15, 0.2) is 5.76 Å². The molecule has 0 aliphatic heterocycles. The molecule has 0 spiro atoms. The van der Waals surface area contributed by atoms with Gasteiger partial charge in [0.05, 0.1) is 7.11 Å². The van der Waals surface area contributed by atoms with Crippen LogP contribution in [0, 0.1) is 0 Å². The minimum Gasteiger partial charge on any atom is -0.490 e. The van der Waals surface area contributed by atoms with Crippen LogP contribution in [0.5, 0.6) is 0 Å². The summed E-state index contributed by atoms with van der Waals surface area (Å²) >= 11 is 0. The molecule has 0 amide bonds. The highest BCUT2D eigenvalue weighted by molar-refractivity contribution is 5.84. The highest BCUT2D eigenvalue weighted by Crippen LogP contribution is 1.99. The molecule has 0 bridgehead atoms. The quantitative estimate of drug-likeness (QED) is 0.479. The van der Waals surface area contributed by atoms with Gasteiger partial charge in [-0.3, -0.25) is 0 Å². The molecule has 3 heteroatoms. The van der Waals surface area contributed by atoms with Gasteiger partial charge in [-0.2, -0.15) is 0 Å². The molecular weight excluding hydrogens is 132 g/mol. The summed E-state index contributed by atoms with van der Waals surface area (Å²) in [5, 5.41) is 8.41. The molecule has 58 valence electrons. The topological polar surface area (TPSA) is 46.5 Å². The fraction of sp³-hybridized carbons (Fsp3) is 0.571. The Bertz CT molecular complexity index is 138. The van der Waals surface area contributed by atoms with Crippen molar-refractivity contribution in [2.24, 2.45) is 0 Å². The second kappa shape index (κ2) is 4.85. The summed E-state index contributed by atoms with van der Waals surface area (Å²) < 4.78 is 4.58. The summed E-state index contributed by atoms with van der Waals surface area (Å²) in [6.07, 6.45) is 3.25. The molecular formula is C7H12O3. The molecule has 0 radical (unpaired) electrons. The first kappa shape index (κ1) is 9.01. The number of aliphatic carboxylic acids is 1. The molecule has 10 heavy (non-hydrogen) atoms. The minimum absolute atomic E-state index is 0.0295. The van der Waals surface area contributed by atoms with Crippen molar-refractivity contribution in [3.8, 4) is 0 Å². The van der Waals surface area contributed by atoms with Crippen molar-refractivity contribution in [1.29, 1.82) is 0 Å². The number of carboxylic acid groups (broad SMARTS) is 1. The standard InChI is InChI=1S/C7H12O3/c1-3-4-5-6(10-2)7(8)9/h5H,3-4H2,1-2H3,(H,8,9)/b6-5-. The Morgan fingerprint density at radius 2 is 2.30 bits per heavy atom. The van der Waals surface area contributed by atoms with E-state index in [9.17, 15) is 4.79 Å². The number of unbranched alkanes of at least 4 members (excludes halogenated alkanes) is 1. The fourth-order valence-corrected chi connectivity index (χ4v) is 0.533. The molecule has 0 saturated carbocycles. The fourth-order valence-electron chi connectivity index (χ4n) is 0.533. The summed E-state index contributed by atoms with van der Waals surface area (Å²) in [7, 11) is 1.36. The van der Waals surface area contributed by atoms with E-state index >= 15 is 0 Å². The third-order valence-corrected chi connectivity index (χ3v) is 1.05. The Morgan fingerprint density at radius 3 is 2.60 bits per heavy atom. The minimum atomic E-state index is -1.00. The van der Waals surface area contributed by atoms with Crippen molar-refractivity contribution in [3.05, 3.63) is 11.8 Å². The third-order valence-electron chi connectivity index (χ3n) is 1.05. The highest BCUT2D eigenvalue weighted by atomic mass is 16.5. The second-order valence-electron chi connectivity index (χ2n) is 1.87. The van der Waals surface area contributed by atoms with Gasteiger partial charge in [-0.25, -0.2) is 4.79 Å². The third kappa shape index (κ3) is 3.12. The van der Waals surface area contributed by atoms with Crippen LogP contribution in [0.3, 0.4) is 0 Å². The van der Waals surface area contributed by atoms with Gasteiger partial charge in [0.1, 0.15) is 0 Å². The zero-order valence-corrected chi connectivity index (χ0v) is 6.26. The van der Waals surface area contributed by atoms with Gasteiger partial charge in [0.25, 0.3) is 0 Å². The Morgan fingerprint density at radius 1 is 1.70 bits per heavy atom. The average molecular weight is 144 g/mol. The zero-order chi connectivity index (χ0) is 7.98. The Kier molecular flexibility index (Phi) is 4.37. The molecule has 0 aliphatic carbocycles. The first-order valence-corrected chi connectivity index (χ1v) is 3.19. The van der Waals surface area contributed by atoms with Crippen LogP contribution in [0.25, 0.3) is 0 Å². The predicted molar refractivity (Wildman–Crippen MR) is 37.6 cm³/mol. The highest BCUT2D eigenvalue weighted by Gasteiger charge is 2.03. The van der Waals surface area contributed by atoms with Crippen LogP contribution in [0.2, 0.25) is 0 Å². The maximum Gasteiger partial charge on any atom is 0.370 e. The van der Waals surface area contributed by atoms with Crippen molar-refractivity contribution < 1.29 is 14.6 Å². The van der Waals surface area contributed by atoms with Crippen molar-refractivity contribution in [3.63, 3.8) is 0 Å². The van der Waals surface area contributed by atoms with Gasteiger partial charge in [-0.05, 0) is 12.5 Å². The predicted octanol–water partition coefficient (Wildman–Crippen LogP) is 1.40. The van der Waals surface area contributed by atoms with E-state index in [1.54, 1.807) is 6.08 Å². The molecule has 3 nitrogen and oxygen atoms in total. The van der Waals surface area contributed by atoms with E-state index < -0.39 is 5.97 Å². The molecule has 0 aromatic rings. The molecule has 0 aromatic heterocycles. The summed E-state index contributed by atoms with van der Waals surface area (Å²) in [5.41, 5.74) is 0. The number of ether oxygens (including phenoxy) is 1. The molecule has 0 saturated heterocycles. The maximum absolute atomic E-state index is 10.2. The molecule has 0 aliphatic rings. The molecule has 0 fully saturated rings. The van der Waals surface area contributed by atoms with Crippen molar-refractivity contribution >= 4 is 5.97 Å². The van der Waals surface area contributed by atoms with E-state index in [0.717, 1.165) is 12.8 Å². The normalized spacial score (nSPS) is 11.2. The average Bonchev–Trinajstić information content (AvgIpc) is 1.89. The molecule has 0 heterocycles. The van der Waals surface area contributed by atoms with E-state index in [-0.39, 0.29) is 5.76 Å². The van der Waals surface area contributed by atoms with Crippen LogP contribution in [-0.4, -0.2) is 18.2 Å². The Balaban J connectivity index is 3.91. The summed E-state index contributed by atoms with van der Waals surface area (Å²) in [5.74, 6) is -0.974. The van der Waals surface area contributed by atoms with Crippen LogP contribution in [0.4, 0.5) is 0 Å². The monoisotopic (exact) mass is 144 g/mol. The van der Waals surface area contributed by atoms with Crippen LogP contribution < -0.4 is 0 Å². The van der Waals surface area contributed by atoms with Crippen molar-refractivity contribution in [2.45, 2.75) is 19.8 Å². The Labute approximate surface area is 60.3 Å². The second-order valence-corrected chi connectivity index (χ2v) is 1.87. The van der Waals surface area contributed by atoms with Gasteiger partial charge in [-0.15, -0.1) is 0 Å². The van der Waals surface area contributed by atoms with E-state index in [2.05, 4.69) is 4.74 Å². The summed E-state index contributed by atoms with van der Waals surface area (Å²) in [4.78, 5) is 10.2. The van der Waals surface area contributed by atoms with Gasteiger partial charge >= 0.3 is 5.97 Å². The van der Waals surface area contributed by atoms with Crippen LogP contribution >= 0.6 is 0 Å². The number of methoxy groups -OCH3 is 1. The van der Waals surface area contributed by atoms with Crippen LogP contribution in [0.15, 0.2) is 11.8 Å². The number of carbonyl (C=O) groups is 1. The molecule has 0 rings (SSSR count). The number of rotatable bonds is 4. The maximum atomic E-state index is 10.2. The Hall–Kier alpha value is -0.990. The van der Waals surface area contributed by atoms with Gasteiger partial charge < -0.3 is 9.84 Å². The van der Waals surface area contributed by atoms with Crippen LogP contribution in [-0.2, 0) is 9.53 Å². The number of hydrogen-bond donors (Lipinski definition) is 1. The zero-order valence-electron chi connectivity index (χ0n) is 6.26. The molecule has 1 N–H and O–H groups in total. The lowest BCUT2D eigenvalue weighted by Crippen LogP contribution is -2.01. The van der Waals surface area contributed by atoms with Gasteiger partial charge in [-0.1, -0.05) is 13.3 Å². The first-order chi connectivity index (χ1) is 4.72. The summed E-state index contributed by atoms with van der Waals surface area (Å²) in [6.45, 7) is 1.98. The lowest BCUT2D eigenvalue weighted by atomic mass is 10.3. The van der Waals surface area contributed by atoms with E-state index in [1.807, 2.05) is 6.92 Å². The number of carboxylic acids is 1. The van der Waals surface area contributed by atoms with E-state index in [0.29, 0.717) is 0 Å². The smallest absolute Gasteiger partial charge is 0.370 e. The molecule has 0 aromatic carbocycles.